The SMILES string of the molecule is CCC=CCC(O)CCOC(C)=O. The largest absolute Gasteiger partial charge is 0.466 e. The minimum Gasteiger partial charge on any atom is -0.466 e. The molecule has 3 nitrogen and oxygen atoms in total. The fourth-order valence-corrected chi connectivity index (χ4v) is 0.877. The number of hydrogen-bond acceptors (Lipinski definition) is 3. The predicted octanol–water partition coefficient (Wildman–Crippen LogP) is 1.66. The molecule has 0 rings (SSSR count). The lowest BCUT2D eigenvalue weighted by Gasteiger charge is -2.07. The Morgan fingerprint density at radius 2 is 2.23 bits per heavy atom. The summed E-state index contributed by atoms with van der Waals surface area (Å²) in [6, 6.07) is 0. The Bertz CT molecular complexity index is 164. The van der Waals surface area contributed by atoms with Crippen LogP contribution in [0.15, 0.2) is 12.2 Å². The van der Waals surface area contributed by atoms with E-state index in [0.29, 0.717) is 19.4 Å². The van der Waals surface area contributed by atoms with Gasteiger partial charge in [0.2, 0.25) is 0 Å². The van der Waals surface area contributed by atoms with E-state index in [2.05, 4.69) is 0 Å². The van der Waals surface area contributed by atoms with Crippen molar-refractivity contribution in [3.8, 4) is 0 Å². The number of carbonyl (C=O) groups excluding carboxylic acids is 1. The third kappa shape index (κ3) is 9.08. The maximum absolute atomic E-state index is 10.4. The summed E-state index contributed by atoms with van der Waals surface area (Å²) in [5.74, 6) is -0.295. The van der Waals surface area contributed by atoms with E-state index in [4.69, 9.17) is 4.74 Å². The van der Waals surface area contributed by atoms with E-state index >= 15 is 0 Å². The minimum absolute atomic E-state index is 0.295. The van der Waals surface area contributed by atoms with Crippen LogP contribution in [0.1, 0.15) is 33.1 Å². The third-order valence-electron chi connectivity index (χ3n) is 1.57. The Hall–Kier alpha value is -0.830. The number of ether oxygens (including phenoxy) is 1. The van der Waals surface area contributed by atoms with Crippen molar-refractivity contribution in [2.45, 2.75) is 39.2 Å². The Kier molecular flexibility index (Phi) is 7.30. The molecule has 0 saturated heterocycles. The highest BCUT2D eigenvalue weighted by atomic mass is 16.5. The van der Waals surface area contributed by atoms with Crippen LogP contribution in [0.3, 0.4) is 0 Å². The van der Waals surface area contributed by atoms with Crippen LogP contribution in [0.2, 0.25) is 0 Å². The first-order chi connectivity index (χ1) is 6.16. The maximum Gasteiger partial charge on any atom is 0.302 e. The molecule has 0 fully saturated rings. The van der Waals surface area contributed by atoms with Crippen molar-refractivity contribution in [3.63, 3.8) is 0 Å². The second kappa shape index (κ2) is 7.80. The molecule has 0 radical (unpaired) electrons. The summed E-state index contributed by atoms with van der Waals surface area (Å²) < 4.78 is 4.70. The van der Waals surface area contributed by atoms with Crippen molar-refractivity contribution < 1.29 is 14.6 Å². The molecule has 0 aliphatic heterocycles. The molecule has 0 bridgehead atoms. The van der Waals surface area contributed by atoms with Crippen molar-refractivity contribution in [2.24, 2.45) is 0 Å². The van der Waals surface area contributed by atoms with E-state index in [1.807, 2.05) is 19.1 Å². The van der Waals surface area contributed by atoms with Gasteiger partial charge >= 0.3 is 5.97 Å². The van der Waals surface area contributed by atoms with Crippen molar-refractivity contribution >= 4 is 5.97 Å². The minimum atomic E-state index is -0.401. The van der Waals surface area contributed by atoms with E-state index in [-0.39, 0.29) is 5.97 Å². The fourth-order valence-electron chi connectivity index (χ4n) is 0.877. The average Bonchev–Trinajstić information content (AvgIpc) is 2.04. The zero-order valence-corrected chi connectivity index (χ0v) is 8.32. The second-order valence-electron chi connectivity index (χ2n) is 2.90. The van der Waals surface area contributed by atoms with E-state index in [0.717, 1.165) is 6.42 Å². The third-order valence-corrected chi connectivity index (χ3v) is 1.57. The van der Waals surface area contributed by atoms with Crippen LogP contribution in [0.5, 0.6) is 0 Å². The smallest absolute Gasteiger partial charge is 0.302 e. The van der Waals surface area contributed by atoms with Gasteiger partial charge in [-0.25, -0.2) is 0 Å². The standard InChI is InChI=1S/C10H18O3/c1-3-4-5-6-10(12)7-8-13-9(2)11/h4-5,10,12H,3,6-8H2,1-2H3. The second-order valence-corrected chi connectivity index (χ2v) is 2.90. The number of rotatable bonds is 6. The lowest BCUT2D eigenvalue weighted by molar-refractivity contribution is -0.141. The molecule has 0 aromatic heterocycles. The van der Waals surface area contributed by atoms with Crippen LogP contribution >= 0.6 is 0 Å². The summed E-state index contributed by atoms with van der Waals surface area (Å²) in [5.41, 5.74) is 0. The summed E-state index contributed by atoms with van der Waals surface area (Å²) in [4.78, 5) is 10.4. The van der Waals surface area contributed by atoms with Gasteiger partial charge in [-0.15, -0.1) is 0 Å². The molecule has 1 atom stereocenters. The van der Waals surface area contributed by atoms with Crippen LogP contribution in [0.25, 0.3) is 0 Å². The van der Waals surface area contributed by atoms with Gasteiger partial charge in [0.05, 0.1) is 12.7 Å². The van der Waals surface area contributed by atoms with Crippen molar-refractivity contribution in [2.75, 3.05) is 6.61 Å². The van der Waals surface area contributed by atoms with Gasteiger partial charge in [-0.05, 0) is 12.8 Å². The average molecular weight is 186 g/mol. The monoisotopic (exact) mass is 186 g/mol. The van der Waals surface area contributed by atoms with E-state index in [9.17, 15) is 9.90 Å². The molecule has 0 amide bonds. The van der Waals surface area contributed by atoms with Crippen molar-refractivity contribution in [1.82, 2.24) is 0 Å². The molecule has 3 heteroatoms. The number of carbonyl (C=O) groups is 1. The van der Waals surface area contributed by atoms with Gasteiger partial charge < -0.3 is 9.84 Å². The van der Waals surface area contributed by atoms with Crippen LogP contribution in [-0.2, 0) is 9.53 Å². The molecule has 13 heavy (non-hydrogen) atoms. The predicted molar refractivity (Wildman–Crippen MR) is 51.3 cm³/mol. The van der Waals surface area contributed by atoms with Gasteiger partial charge in [0.1, 0.15) is 0 Å². The van der Waals surface area contributed by atoms with Crippen LogP contribution in [0, 0.1) is 0 Å². The number of allylic oxidation sites excluding steroid dienone is 1. The Morgan fingerprint density at radius 3 is 2.77 bits per heavy atom. The molecule has 1 N–H and O–H groups in total. The summed E-state index contributed by atoms with van der Waals surface area (Å²) in [5, 5.41) is 9.35. The van der Waals surface area contributed by atoms with Gasteiger partial charge in [-0.1, -0.05) is 19.1 Å². The van der Waals surface area contributed by atoms with Crippen LogP contribution < -0.4 is 0 Å². The molecular formula is C10H18O3. The molecule has 0 heterocycles. The van der Waals surface area contributed by atoms with Crippen molar-refractivity contribution in [1.29, 1.82) is 0 Å². The maximum atomic E-state index is 10.4. The molecule has 0 aliphatic rings. The van der Waals surface area contributed by atoms with E-state index < -0.39 is 6.10 Å². The van der Waals surface area contributed by atoms with E-state index in [1.54, 1.807) is 0 Å². The first-order valence-corrected chi connectivity index (χ1v) is 4.63. The lowest BCUT2D eigenvalue weighted by Crippen LogP contribution is -2.11. The molecule has 1 unspecified atom stereocenters. The lowest BCUT2D eigenvalue weighted by atomic mass is 10.2. The van der Waals surface area contributed by atoms with Gasteiger partial charge in [0.15, 0.2) is 0 Å². The number of esters is 1. The van der Waals surface area contributed by atoms with E-state index in [1.165, 1.54) is 6.92 Å². The van der Waals surface area contributed by atoms with Crippen molar-refractivity contribution in [3.05, 3.63) is 12.2 Å². The summed E-state index contributed by atoms with van der Waals surface area (Å²) in [6.07, 6.45) is 5.68. The fraction of sp³-hybridized carbons (Fsp3) is 0.700. The Balaban J connectivity index is 3.34. The Morgan fingerprint density at radius 1 is 1.54 bits per heavy atom. The molecule has 0 aromatic rings. The highest BCUT2D eigenvalue weighted by Gasteiger charge is 2.02. The quantitative estimate of drug-likeness (QED) is 0.507. The molecular weight excluding hydrogens is 168 g/mol. The zero-order valence-electron chi connectivity index (χ0n) is 8.32. The topological polar surface area (TPSA) is 46.5 Å². The summed E-state index contributed by atoms with van der Waals surface area (Å²) in [7, 11) is 0. The van der Waals surface area contributed by atoms with Gasteiger partial charge in [-0.2, -0.15) is 0 Å². The molecule has 0 saturated carbocycles. The highest BCUT2D eigenvalue weighted by molar-refractivity contribution is 5.65. The first kappa shape index (κ1) is 12.2. The van der Waals surface area contributed by atoms with Crippen LogP contribution in [0.4, 0.5) is 0 Å². The first-order valence-electron chi connectivity index (χ1n) is 4.63. The van der Waals surface area contributed by atoms with Crippen LogP contribution in [-0.4, -0.2) is 23.8 Å². The molecule has 0 spiro atoms. The number of hydrogen-bond donors (Lipinski definition) is 1. The number of aliphatic hydroxyl groups is 1. The normalized spacial score (nSPS) is 13.2. The molecule has 0 aliphatic carbocycles. The zero-order chi connectivity index (χ0) is 10.1. The Labute approximate surface area is 79.4 Å². The van der Waals surface area contributed by atoms with Gasteiger partial charge in [-0.3, -0.25) is 4.79 Å². The summed E-state index contributed by atoms with van der Waals surface area (Å²) in [6.45, 7) is 3.71. The highest BCUT2D eigenvalue weighted by Crippen LogP contribution is 2.00. The van der Waals surface area contributed by atoms with Gasteiger partial charge in [0, 0.05) is 13.3 Å². The van der Waals surface area contributed by atoms with Gasteiger partial charge in [0.25, 0.3) is 0 Å². The molecule has 0 aromatic carbocycles. The molecule has 76 valence electrons. The summed E-state index contributed by atoms with van der Waals surface area (Å²) >= 11 is 0. The number of aliphatic hydroxyl groups excluding tert-OH is 1.